The predicted molar refractivity (Wildman–Crippen MR) is 118 cm³/mol. The molecule has 1 aromatic heterocycles. The largest absolute Gasteiger partial charge is 0.493 e. The normalized spacial score (nSPS) is 11.8. The van der Waals surface area contributed by atoms with Crippen molar-refractivity contribution in [1.29, 1.82) is 0 Å². The van der Waals surface area contributed by atoms with Gasteiger partial charge in [-0.3, -0.25) is 0 Å². The van der Waals surface area contributed by atoms with Crippen LogP contribution >= 0.6 is 0 Å². The Labute approximate surface area is 168 Å². The Morgan fingerprint density at radius 2 is 1.14 bits per heavy atom. The van der Waals surface area contributed by atoms with E-state index in [2.05, 4.69) is 86.0 Å². The van der Waals surface area contributed by atoms with E-state index in [1.807, 2.05) is 0 Å². The fraction of sp³-hybridized carbons (Fsp3) is 0.478. The molecular weight excluding hydrogens is 350 g/mol. The highest BCUT2D eigenvalue weighted by molar-refractivity contribution is 6.08. The van der Waals surface area contributed by atoms with E-state index in [1.54, 1.807) is 0 Å². The number of fused-ring (bicyclic) bond motifs is 3. The summed E-state index contributed by atoms with van der Waals surface area (Å²) in [6.45, 7) is 3.54. The van der Waals surface area contributed by atoms with E-state index in [9.17, 15) is 0 Å². The second kappa shape index (κ2) is 9.30. The maximum Gasteiger partial charge on any atom is 0.121 e. The number of hydrogen-bond donors (Lipinski definition) is 0. The summed E-state index contributed by atoms with van der Waals surface area (Å²) in [5.41, 5.74) is 2.37. The Bertz CT molecular complexity index is 842. The van der Waals surface area contributed by atoms with Crippen molar-refractivity contribution in [2.24, 2.45) is 7.05 Å². The number of ether oxygens (including phenoxy) is 2. The fourth-order valence-corrected chi connectivity index (χ4v) is 3.48. The number of aryl methyl sites for hydroxylation is 1. The standard InChI is InChI=1S/C23H33N3O2/c1-24(2)12-6-14-27-18-8-10-20-21-11-9-19(28-15-7-13-25(3)4)17-23(21)26(5)22(20)16-18/h8-11,16-17H,6-7,12-15H2,1-5H3. The number of nitrogens with zero attached hydrogens (tertiary/aromatic N) is 3. The molecule has 3 aromatic rings. The number of aromatic nitrogens is 1. The van der Waals surface area contributed by atoms with Crippen molar-refractivity contribution in [3.05, 3.63) is 36.4 Å². The van der Waals surface area contributed by atoms with Gasteiger partial charge in [0.05, 0.1) is 24.2 Å². The molecule has 2 aromatic carbocycles. The molecule has 0 unspecified atom stereocenters. The monoisotopic (exact) mass is 383 g/mol. The highest BCUT2D eigenvalue weighted by Crippen LogP contribution is 2.33. The maximum atomic E-state index is 5.96. The van der Waals surface area contributed by atoms with Gasteiger partial charge in [0.2, 0.25) is 0 Å². The van der Waals surface area contributed by atoms with E-state index >= 15 is 0 Å². The summed E-state index contributed by atoms with van der Waals surface area (Å²) < 4.78 is 14.1. The van der Waals surface area contributed by atoms with E-state index in [0.717, 1.165) is 50.6 Å². The van der Waals surface area contributed by atoms with Crippen molar-refractivity contribution < 1.29 is 9.47 Å². The molecule has 3 rings (SSSR count). The van der Waals surface area contributed by atoms with Gasteiger partial charge in [-0.15, -0.1) is 0 Å². The van der Waals surface area contributed by atoms with Crippen molar-refractivity contribution in [2.45, 2.75) is 12.8 Å². The van der Waals surface area contributed by atoms with E-state index in [4.69, 9.17) is 9.47 Å². The van der Waals surface area contributed by atoms with E-state index < -0.39 is 0 Å². The topological polar surface area (TPSA) is 29.9 Å². The van der Waals surface area contributed by atoms with E-state index in [0.29, 0.717) is 0 Å². The summed E-state index contributed by atoms with van der Waals surface area (Å²) in [6.07, 6.45) is 2.04. The van der Waals surface area contributed by atoms with Crippen LogP contribution in [0.1, 0.15) is 12.8 Å². The van der Waals surface area contributed by atoms with Gasteiger partial charge in [0.1, 0.15) is 11.5 Å². The van der Waals surface area contributed by atoms with Crippen molar-refractivity contribution in [3.8, 4) is 11.5 Å². The third-order valence-corrected chi connectivity index (χ3v) is 4.99. The van der Waals surface area contributed by atoms with Gasteiger partial charge in [-0.2, -0.15) is 0 Å². The third-order valence-electron chi connectivity index (χ3n) is 4.99. The summed E-state index contributed by atoms with van der Waals surface area (Å²) in [4.78, 5) is 4.35. The Morgan fingerprint density at radius 1 is 0.714 bits per heavy atom. The molecular formula is C23H33N3O2. The number of rotatable bonds is 10. The minimum Gasteiger partial charge on any atom is -0.493 e. The lowest BCUT2D eigenvalue weighted by Crippen LogP contribution is -2.15. The molecule has 0 atom stereocenters. The van der Waals surface area contributed by atoms with Crippen molar-refractivity contribution in [3.63, 3.8) is 0 Å². The highest BCUT2D eigenvalue weighted by atomic mass is 16.5. The molecule has 0 radical (unpaired) electrons. The Hall–Kier alpha value is -2.24. The van der Waals surface area contributed by atoms with Crippen LogP contribution in [0.5, 0.6) is 11.5 Å². The zero-order chi connectivity index (χ0) is 20.1. The Balaban J connectivity index is 1.74. The molecule has 1 heterocycles. The van der Waals surface area contributed by atoms with Gasteiger partial charge in [0.15, 0.2) is 0 Å². The summed E-state index contributed by atoms with van der Waals surface area (Å²) in [5, 5.41) is 2.49. The second-order valence-electron chi connectivity index (χ2n) is 7.93. The van der Waals surface area contributed by atoms with E-state index in [1.165, 1.54) is 21.8 Å². The van der Waals surface area contributed by atoms with Crippen molar-refractivity contribution in [1.82, 2.24) is 14.4 Å². The summed E-state index contributed by atoms with van der Waals surface area (Å²) in [6, 6.07) is 12.8. The molecule has 152 valence electrons. The van der Waals surface area contributed by atoms with Crippen LogP contribution in [0.15, 0.2) is 36.4 Å². The minimum absolute atomic E-state index is 0.735. The van der Waals surface area contributed by atoms with Crippen LogP contribution in [0.3, 0.4) is 0 Å². The molecule has 5 heteroatoms. The molecule has 0 N–H and O–H groups in total. The first-order valence-electron chi connectivity index (χ1n) is 10.0. The molecule has 28 heavy (non-hydrogen) atoms. The van der Waals surface area contributed by atoms with Crippen LogP contribution in [0.4, 0.5) is 0 Å². The van der Waals surface area contributed by atoms with Crippen molar-refractivity contribution in [2.75, 3.05) is 54.5 Å². The first-order valence-corrected chi connectivity index (χ1v) is 10.0. The highest BCUT2D eigenvalue weighted by Gasteiger charge is 2.10. The van der Waals surface area contributed by atoms with Crippen LogP contribution in [-0.2, 0) is 7.05 Å². The minimum atomic E-state index is 0.735. The van der Waals surface area contributed by atoms with Crippen LogP contribution in [-0.4, -0.2) is 68.9 Å². The SMILES string of the molecule is CN(C)CCCOc1ccc2c3ccc(OCCCN(C)C)cc3n(C)c2c1. The predicted octanol–water partition coefficient (Wildman–Crippen LogP) is 3.99. The molecule has 0 bridgehead atoms. The molecule has 0 spiro atoms. The first kappa shape index (κ1) is 20.5. The van der Waals surface area contributed by atoms with Gasteiger partial charge in [-0.1, -0.05) is 0 Å². The smallest absolute Gasteiger partial charge is 0.121 e. The Kier molecular flexibility index (Phi) is 6.81. The van der Waals surface area contributed by atoms with Crippen LogP contribution in [0.2, 0.25) is 0 Å². The van der Waals surface area contributed by atoms with Gasteiger partial charge < -0.3 is 23.8 Å². The summed E-state index contributed by atoms with van der Waals surface area (Å²) in [5.74, 6) is 1.86. The number of benzene rings is 2. The third kappa shape index (κ3) is 4.97. The molecule has 0 aliphatic rings. The lowest BCUT2D eigenvalue weighted by atomic mass is 10.1. The lowest BCUT2D eigenvalue weighted by molar-refractivity contribution is 0.282. The first-order chi connectivity index (χ1) is 13.5. The molecule has 5 nitrogen and oxygen atoms in total. The maximum absolute atomic E-state index is 5.96. The van der Waals surface area contributed by atoms with Gasteiger partial charge in [-0.25, -0.2) is 0 Å². The van der Waals surface area contributed by atoms with Crippen LogP contribution in [0.25, 0.3) is 21.8 Å². The molecule has 0 saturated heterocycles. The summed E-state index contributed by atoms with van der Waals surface area (Å²) >= 11 is 0. The van der Waals surface area contributed by atoms with Gasteiger partial charge in [-0.05, 0) is 65.3 Å². The zero-order valence-electron chi connectivity index (χ0n) is 17.9. The average Bonchev–Trinajstić information content (AvgIpc) is 2.94. The van der Waals surface area contributed by atoms with Gasteiger partial charge >= 0.3 is 0 Å². The summed E-state index contributed by atoms with van der Waals surface area (Å²) in [7, 11) is 10.4. The second-order valence-corrected chi connectivity index (χ2v) is 7.93. The quantitative estimate of drug-likeness (QED) is 0.495. The lowest BCUT2D eigenvalue weighted by Gasteiger charge is -2.10. The van der Waals surface area contributed by atoms with Gasteiger partial charge in [0.25, 0.3) is 0 Å². The average molecular weight is 384 g/mol. The fourth-order valence-electron chi connectivity index (χ4n) is 3.48. The molecule has 0 saturated carbocycles. The van der Waals surface area contributed by atoms with E-state index in [-0.39, 0.29) is 0 Å². The van der Waals surface area contributed by atoms with Crippen LogP contribution in [0, 0.1) is 0 Å². The van der Waals surface area contributed by atoms with Crippen LogP contribution < -0.4 is 9.47 Å². The molecule has 0 amide bonds. The van der Waals surface area contributed by atoms with Crippen molar-refractivity contribution >= 4 is 21.8 Å². The number of hydrogen-bond acceptors (Lipinski definition) is 4. The van der Waals surface area contributed by atoms with Gasteiger partial charge in [0, 0.05) is 43.0 Å². The Morgan fingerprint density at radius 3 is 1.54 bits per heavy atom. The molecule has 0 aliphatic heterocycles. The zero-order valence-corrected chi connectivity index (χ0v) is 17.9. The molecule has 0 aliphatic carbocycles. The molecule has 0 fully saturated rings.